The number of anilines is 1. The molecule has 0 atom stereocenters. The molecule has 92 valence electrons. The first-order chi connectivity index (χ1) is 7.25. The molecule has 0 saturated heterocycles. The minimum atomic E-state index is -3.91. The van der Waals surface area contributed by atoms with Crippen molar-refractivity contribution in [3.8, 4) is 0 Å². The Balaban J connectivity index is 3.07. The van der Waals surface area contributed by atoms with Gasteiger partial charge in [-0.15, -0.1) is 0 Å². The summed E-state index contributed by atoms with van der Waals surface area (Å²) < 4.78 is 48.3. The van der Waals surface area contributed by atoms with Gasteiger partial charge in [0.1, 0.15) is 0 Å². The van der Waals surface area contributed by atoms with E-state index in [1.54, 1.807) is 0 Å². The molecule has 9 heteroatoms. The van der Waals surface area contributed by atoms with Gasteiger partial charge in [0.05, 0.1) is 12.2 Å². The van der Waals surface area contributed by atoms with Gasteiger partial charge in [0, 0.05) is 7.05 Å². The van der Waals surface area contributed by atoms with Crippen LogP contribution in [0, 0.1) is 6.92 Å². The van der Waals surface area contributed by atoms with E-state index in [1.165, 1.54) is 6.92 Å². The molecule has 0 fully saturated rings. The zero-order chi connectivity index (χ0) is 12.5. The number of thiazole rings is 1. The molecule has 0 amide bonds. The number of hydrogen-bond acceptors (Lipinski definition) is 5. The minimum Gasteiger partial charge on any atom is -0.375 e. The Kier molecular flexibility index (Phi) is 3.81. The lowest BCUT2D eigenvalue weighted by atomic mass is 10.6. The molecule has 1 rings (SSSR count). The van der Waals surface area contributed by atoms with Crippen LogP contribution in [0.25, 0.3) is 0 Å². The molecule has 0 aromatic carbocycles. The fraction of sp³-hybridized carbons (Fsp3) is 0.571. The maximum absolute atomic E-state index is 12.1. The van der Waals surface area contributed by atoms with Crippen LogP contribution in [0.5, 0.6) is 0 Å². The average Bonchev–Trinajstić information content (AvgIpc) is 2.44. The van der Waals surface area contributed by atoms with Gasteiger partial charge >= 0.3 is 0 Å². The quantitative estimate of drug-likeness (QED) is 0.883. The Morgan fingerprint density at radius 3 is 2.50 bits per heavy atom. The van der Waals surface area contributed by atoms with Gasteiger partial charge in [0.2, 0.25) is 0 Å². The number of hydrogen-bond donors (Lipinski definition) is 1. The lowest BCUT2D eigenvalue weighted by molar-refractivity contribution is 0.126. The minimum absolute atomic E-state index is 0.0897. The Bertz CT molecular complexity index is 472. The van der Waals surface area contributed by atoms with Crippen molar-refractivity contribution in [1.29, 1.82) is 0 Å². The Morgan fingerprint density at radius 2 is 2.12 bits per heavy atom. The average molecular weight is 271 g/mol. The number of halogens is 2. The molecular formula is C7H11F2N3O2S2. The van der Waals surface area contributed by atoms with Gasteiger partial charge < -0.3 is 5.73 Å². The molecule has 2 N–H and O–H groups in total. The topological polar surface area (TPSA) is 76.3 Å². The molecular weight excluding hydrogens is 260 g/mol. The predicted molar refractivity (Wildman–Crippen MR) is 57.1 cm³/mol. The third-order valence-corrected chi connectivity index (χ3v) is 5.21. The van der Waals surface area contributed by atoms with E-state index in [1.807, 2.05) is 0 Å². The van der Waals surface area contributed by atoms with E-state index in [9.17, 15) is 17.2 Å². The summed E-state index contributed by atoms with van der Waals surface area (Å²) in [6, 6.07) is 0. The first-order valence-electron chi connectivity index (χ1n) is 4.22. The molecule has 0 saturated carbocycles. The second-order valence-corrected chi connectivity index (χ2v) is 6.37. The van der Waals surface area contributed by atoms with Crippen LogP contribution in [-0.4, -0.2) is 37.7 Å². The molecule has 1 heterocycles. The summed E-state index contributed by atoms with van der Waals surface area (Å²) >= 11 is 0.769. The van der Waals surface area contributed by atoms with Gasteiger partial charge in [-0.3, -0.25) is 0 Å². The molecule has 1 aromatic rings. The summed E-state index contributed by atoms with van der Waals surface area (Å²) in [5.41, 5.74) is 5.58. The highest BCUT2D eigenvalue weighted by molar-refractivity contribution is 7.91. The first kappa shape index (κ1) is 13.3. The van der Waals surface area contributed by atoms with E-state index in [0.717, 1.165) is 18.4 Å². The number of aryl methyl sites for hydroxylation is 1. The van der Waals surface area contributed by atoms with Gasteiger partial charge in [-0.1, -0.05) is 11.3 Å². The Morgan fingerprint density at radius 1 is 1.56 bits per heavy atom. The van der Waals surface area contributed by atoms with Crippen LogP contribution in [0.15, 0.2) is 4.21 Å². The number of alkyl halides is 2. The van der Waals surface area contributed by atoms with E-state index < -0.39 is 23.0 Å². The fourth-order valence-electron chi connectivity index (χ4n) is 1.08. The van der Waals surface area contributed by atoms with E-state index in [0.29, 0.717) is 4.31 Å². The number of sulfonamides is 1. The number of nitrogen functional groups attached to an aromatic ring is 1. The molecule has 0 unspecified atom stereocenters. The van der Waals surface area contributed by atoms with Crippen molar-refractivity contribution in [2.75, 3.05) is 19.3 Å². The third-order valence-electron chi connectivity index (χ3n) is 1.81. The highest BCUT2D eigenvalue weighted by atomic mass is 32.2. The molecule has 0 bridgehead atoms. The van der Waals surface area contributed by atoms with Gasteiger partial charge in [0.25, 0.3) is 16.4 Å². The van der Waals surface area contributed by atoms with Crippen molar-refractivity contribution in [1.82, 2.24) is 9.29 Å². The maximum Gasteiger partial charge on any atom is 0.254 e. The number of aromatic nitrogens is 1. The van der Waals surface area contributed by atoms with Crippen molar-refractivity contribution in [3.05, 3.63) is 5.69 Å². The molecule has 0 aliphatic carbocycles. The van der Waals surface area contributed by atoms with Crippen molar-refractivity contribution in [2.24, 2.45) is 0 Å². The lowest BCUT2D eigenvalue weighted by Gasteiger charge is -2.15. The normalized spacial score (nSPS) is 12.6. The highest BCUT2D eigenvalue weighted by Crippen LogP contribution is 2.27. The number of nitrogens with zero attached hydrogens (tertiary/aromatic N) is 2. The standard InChI is InChI=1S/C7H11F2N3O2S2/c1-4-6(15-7(10)11-4)16(13,14)12(2)3-5(8)9/h5H,3H2,1-2H3,(H2,10,11). The molecule has 16 heavy (non-hydrogen) atoms. The molecule has 0 spiro atoms. The van der Waals surface area contributed by atoms with Gasteiger partial charge in [-0.25, -0.2) is 22.2 Å². The van der Waals surface area contributed by atoms with E-state index >= 15 is 0 Å². The van der Waals surface area contributed by atoms with Crippen molar-refractivity contribution >= 4 is 26.5 Å². The molecule has 5 nitrogen and oxygen atoms in total. The zero-order valence-electron chi connectivity index (χ0n) is 8.65. The van der Waals surface area contributed by atoms with Gasteiger partial charge in [0.15, 0.2) is 9.34 Å². The SMILES string of the molecule is Cc1nc(N)sc1S(=O)(=O)N(C)CC(F)F. The Hall–Kier alpha value is -0.800. The van der Waals surface area contributed by atoms with Crippen molar-refractivity contribution in [2.45, 2.75) is 17.6 Å². The summed E-state index contributed by atoms with van der Waals surface area (Å²) in [7, 11) is -2.82. The van der Waals surface area contributed by atoms with Crippen LogP contribution in [0.4, 0.5) is 13.9 Å². The van der Waals surface area contributed by atoms with Crippen LogP contribution < -0.4 is 5.73 Å². The largest absolute Gasteiger partial charge is 0.375 e. The van der Waals surface area contributed by atoms with E-state index in [4.69, 9.17) is 5.73 Å². The van der Waals surface area contributed by atoms with E-state index in [2.05, 4.69) is 4.98 Å². The second-order valence-electron chi connectivity index (χ2n) is 3.10. The van der Waals surface area contributed by atoms with Crippen LogP contribution in [0.3, 0.4) is 0 Å². The molecule has 0 aliphatic rings. The van der Waals surface area contributed by atoms with Crippen LogP contribution >= 0.6 is 11.3 Å². The van der Waals surface area contributed by atoms with E-state index in [-0.39, 0.29) is 15.0 Å². The lowest BCUT2D eigenvalue weighted by Crippen LogP contribution is -2.31. The molecule has 1 aromatic heterocycles. The van der Waals surface area contributed by atoms with Crippen LogP contribution in [-0.2, 0) is 10.0 Å². The van der Waals surface area contributed by atoms with Crippen LogP contribution in [0.2, 0.25) is 0 Å². The van der Waals surface area contributed by atoms with Crippen LogP contribution in [0.1, 0.15) is 5.69 Å². The monoisotopic (exact) mass is 271 g/mol. The first-order valence-corrected chi connectivity index (χ1v) is 6.48. The van der Waals surface area contributed by atoms with Crippen molar-refractivity contribution < 1.29 is 17.2 Å². The summed E-state index contributed by atoms with van der Waals surface area (Å²) in [5, 5.41) is 0.0986. The summed E-state index contributed by atoms with van der Waals surface area (Å²) in [4.78, 5) is 3.74. The third kappa shape index (κ3) is 2.66. The van der Waals surface area contributed by atoms with Gasteiger partial charge in [-0.05, 0) is 6.92 Å². The molecule has 0 radical (unpaired) electrons. The summed E-state index contributed by atoms with van der Waals surface area (Å²) in [6.45, 7) is 0.621. The summed E-state index contributed by atoms with van der Waals surface area (Å²) in [6.07, 6.45) is -2.72. The maximum atomic E-state index is 12.1. The molecule has 0 aliphatic heterocycles. The second kappa shape index (κ2) is 4.60. The predicted octanol–water partition coefficient (Wildman–Crippen LogP) is 0.919. The fourth-order valence-corrected chi connectivity index (χ4v) is 3.71. The number of rotatable bonds is 4. The van der Waals surface area contributed by atoms with Gasteiger partial charge in [-0.2, -0.15) is 4.31 Å². The highest BCUT2D eigenvalue weighted by Gasteiger charge is 2.27. The summed E-state index contributed by atoms with van der Waals surface area (Å²) in [5.74, 6) is 0. The zero-order valence-corrected chi connectivity index (χ0v) is 10.3. The van der Waals surface area contributed by atoms with Crippen molar-refractivity contribution in [3.63, 3.8) is 0 Å². The number of nitrogens with two attached hydrogens (primary N) is 1. The smallest absolute Gasteiger partial charge is 0.254 e. The Labute approximate surface area is 95.9 Å².